The van der Waals surface area contributed by atoms with Crippen LogP contribution in [0.25, 0.3) is 0 Å². The molecule has 1 nitrogen and oxygen atoms in total. The van der Waals surface area contributed by atoms with E-state index in [1.54, 1.807) is 0 Å². The predicted molar refractivity (Wildman–Crippen MR) is 38.9 cm³/mol. The van der Waals surface area contributed by atoms with Crippen molar-refractivity contribution in [3.63, 3.8) is 0 Å². The monoisotopic (exact) mass is 148 g/mol. The summed E-state index contributed by atoms with van der Waals surface area (Å²) in [5, 5.41) is 0. The van der Waals surface area contributed by atoms with Crippen LogP contribution in [0.2, 0.25) is 0 Å². The number of rotatable bonds is 2. The lowest BCUT2D eigenvalue weighted by Gasteiger charge is -2.12. The standard InChI is InChI=1S/C7H13ClO/c1-2-7-6(5-8)3-4-9-7/h6-7H,2-5H2,1H3. The second kappa shape index (κ2) is 3.43. The van der Waals surface area contributed by atoms with Gasteiger partial charge in [-0.05, 0) is 12.8 Å². The van der Waals surface area contributed by atoms with E-state index in [2.05, 4.69) is 6.92 Å². The van der Waals surface area contributed by atoms with Gasteiger partial charge in [-0.15, -0.1) is 11.6 Å². The van der Waals surface area contributed by atoms with Crippen molar-refractivity contribution < 1.29 is 4.74 Å². The molecule has 0 spiro atoms. The minimum Gasteiger partial charge on any atom is -0.378 e. The molecule has 0 radical (unpaired) electrons. The Bertz CT molecular complexity index is 75.0. The third-order valence-corrected chi connectivity index (χ3v) is 2.34. The predicted octanol–water partition coefficient (Wildman–Crippen LogP) is 2.04. The first-order valence-electron chi connectivity index (χ1n) is 3.56. The van der Waals surface area contributed by atoms with Crippen LogP contribution in [0.1, 0.15) is 19.8 Å². The molecule has 54 valence electrons. The number of ether oxygens (including phenoxy) is 1. The summed E-state index contributed by atoms with van der Waals surface area (Å²) in [5.41, 5.74) is 0. The molecular weight excluding hydrogens is 136 g/mol. The van der Waals surface area contributed by atoms with E-state index in [9.17, 15) is 0 Å². The van der Waals surface area contributed by atoms with Crippen LogP contribution in [0.3, 0.4) is 0 Å². The van der Waals surface area contributed by atoms with Gasteiger partial charge in [0.15, 0.2) is 0 Å². The van der Waals surface area contributed by atoms with Crippen molar-refractivity contribution >= 4 is 11.6 Å². The van der Waals surface area contributed by atoms with Gasteiger partial charge in [-0.3, -0.25) is 0 Å². The van der Waals surface area contributed by atoms with Crippen LogP contribution in [0.5, 0.6) is 0 Å². The molecule has 2 unspecified atom stereocenters. The lowest BCUT2D eigenvalue weighted by atomic mass is 10.0. The molecule has 1 heterocycles. The van der Waals surface area contributed by atoms with E-state index in [1.165, 1.54) is 0 Å². The molecule has 2 atom stereocenters. The van der Waals surface area contributed by atoms with Crippen LogP contribution in [0.15, 0.2) is 0 Å². The molecule has 1 aliphatic rings. The quantitative estimate of drug-likeness (QED) is 0.545. The number of alkyl halides is 1. The van der Waals surface area contributed by atoms with Gasteiger partial charge in [-0.2, -0.15) is 0 Å². The second-order valence-electron chi connectivity index (χ2n) is 2.52. The highest BCUT2D eigenvalue weighted by Crippen LogP contribution is 2.23. The van der Waals surface area contributed by atoms with Gasteiger partial charge in [0, 0.05) is 18.4 Å². The fraction of sp³-hybridized carbons (Fsp3) is 1.00. The van der Waals surface area contributed by atoms with E-state index in [-0.39, 0.29) is 0 Å². The van der Waals surface area contributed by atoms with Crippen LogP contribution in [0.4, 0.5) is 0 Å². The molecule has 0 aromatic carbocycles. The fourth-order valence-electron chi connectivity index (χ4n) is 1.32. The number of hydrogen-bond acceptors (Lipinski definition) is 1. The van der Waals surface area contributed by atoms with Crippen molar-refractivity contribution in [3.05, 3.63) is 0 Å². The van der Waals surface area contributed by atoms with Crippen molar-refractivity contribution in [1.82, 2.24) is 0 Å². The first-order valence-corrected chi connectivity index (χ1v) is 4.09. The maximum Gasteiger partial charge on any atom is 0.0612 e. The molecule has 2 heteroatoms. The Hall–Kier alpha value is 0.250. The minimum absolute atomic E-state index is 0.447. The summed E-state index contributed by atoms with van der Waals surface area (Å²) < 4.78 is 5.42. The summed E-state index contributed by atoms with van der Waals surface area (Å²) in [5.74, 6) is 1.38. The van der Waals surface area contributed by atoms with E-state index >= 15 is 0 Å². The third-order valence-electron chi connectivity index (χ3n) is 1.95. The van der Waals surface area contributed by atoms with Crippen molar-refractivity contribution in [2.45, 2.75) is 25.9 Å². The van der Waals surface area contributed by atoms with Crippen molar-refractivity contribution in [1.29, 1.82) is 0 Å². The van der Waals surface area contributed by atoms with Crippen LogP contribution >= 0.6 is 11.6 Å². The Balaban J connectivity index is 2.32. The Morgan fingerprint density at radius 1 is 1.67 bits per heavy atom. The molecular formula is C7H13ClO. The van der Waals surface area contributed by atoms with Gasteiger partial charge in [0.25, 0.3) is 0 Å². The number of halogens is 1. The molecule has 0 aromatic heterocycles. The molecule has 0 N–H and O–H groups in total. The van der Waals surface area contributed by atoms with Gasteiger partial charge in [0.05, 0.1) is 6.10 Å². The normalized spacial score (nSPS) is 35.3. The SMILES string of the molecule is CCC1OCCC1CCl. The highest BCUT2D eigenvalue weighted by Gasteiger charge is 2.25. The molecule has 1 fully saturated rings. The van der Waals surface area contributed by atoms with E-state index < -0.39 is 0 Å². The van der Waals surface area contributed by atoms with Gasteiger partial charge >= 0.3 is 0 Å². The zero-order valence-electron chi connectivity index (χ0n) is 5.77. The molecule has 0 aromatic rings. The molecule has 0 saturated carbocycles. The second-order valence-corrected chi connectivity index (χ2v) is 2.83. The highest BCUT2D eigenvalue weighted by molar-refractivity contribution is 6.18. The van der Waals surface area contributed by atoms with E-state index in [0.29, 0.717) is 12.0 Å². The molecule has 1 aliphatic heterocycles. The molecule has 1 rings (SSSR count). The maximum atomic E-state index is 5.70. The Kier molecular flexibility index (Phi) is 2.80. The Morgan fingerprint density at radius 2 is 2.44 bits per heavy atom. The Labute approximate surface area is 61.3 Å². The summed E-state index contributed by atoms with van der Waals surface area (Å²) in [6.45, 7) is 3.06. The van der Waals surface area contributed by atoms with Crippen LogP contribution < -0.4 is 0 Å². The number of hydrogen-bond donors (Lipinski definition) is 0. The lowest BCUT2D eigenvalue weighted by Crippen LogP contribution is -2.15. The smallest absolute Gasteiger partial charge is 0.0612 e. The highest BCUT2D eigenvalue weighted by atomic mass is 35.5. The molecule has 0 bridgehead atoms. The Morgan fingerprint density at radius 3 is 2.89 bits per heavy atom. The first-order chi connectivity index (χ1) is 4.38. The molecule has 0 aliphatic carbocycles. The molecule has 1 saturated heterocycles. The molecule has 0 amide bonds. The van der Waals surface area contributed by atoms with Crippen molar-refractivity contribution in [2.75, 3.05) is 12.5 Å². The van der Waals surface area contributed by atoms with Gasteiger partial charge in [0.1, 0.15) is 0 Å². The fourth-order valence-corrected chi connectivity index (χ4v) is 1.67. The maximum absolute atomic E-state index is 5.70. The lowest BCUT2D eigenvalue weighted by molar-refractivity contribution is 0.0918. The van der Waals surface area contributed by atoms with Gasteiger partial charge in [-0.25, -0.2) is 0 Å². The topological polar surface area (TPSA) is 9.23 Å². The summed E-state index contributed by atoms with van der Waals surface area (Å²) in [6, 6.07) is 0. The molecule has 9 heavy (non-hydrogen) atoms. The first kappa shape index (κ1) is 7.36. The average molecular weight is 149 g/mol. The van der Waals surface area contributed by atoms with Crippen LogP contribution in [-0.4, -0.2) is 18.6 Å². The summed E-state index contributed by atoms with van der Waals surface area (Å²) in [4.78, 5) is 0. The van der Waals surface area contributed by atoms with Gasteiger partial charge in [0.2, 0.25) is 0 Å². The van der Waals surface area contributed by atoms with E-state index in [4.69, 9.17) is 16.3 Å². The third kappa shape index (κ3) is 1.59. The summed E-state index contributed by atoms with van der Waals surface area (Å²) in [6.07, 6.45) is 2.71. The largest absolute Gasteiger partial charge is 0.378 e. The zero-order valence-corrected chi connectivity index (χ0v) is 6.53. The van der Waals surface area contributed by atoms with Gasteiger partial charge in [-0.1, -0.05) is 6.92 Å². The van der Waals surface area contributed by atoms with Crippen molar-refractivity contribution in [3.8, 4) is 0 Å². The van der Waals surface area contributed by atoms with E-state index in [0.717, 1.165) is 25.3 Å². The van der Waals surface area contributed by atoms with Crippen LogP contribution in [0, 0.1) is 5.92 Å². The zero-order chi connectivity index (χ0) is 6.69. The average Bonchev–Trinajstić information content (AvgIpc) is 2.33. The summed E-state index contributed by atoms with van der Waals surface area (Å²) in [7, 11) is 0. The minimum atomic E-state index is 0.447. The van der Waals surface area contributed by atoms with Gasteiger partial charge < -0.3 is 4.74 Å². The summed E-state index contributed by atoms with van der Waals surface area (Å²) >= 11 is 5.70. The van der Waals surface area contributed by atoms with Crippen LogP contribution in [-0.2, 0) is 4.74 Å². The van der Waals surface area contributed by atoms with E-state index in [1.807, 2.05) is 0 Å². The van der Waals surface area contributed by atoms with Crippen molar-refractivity contribution in [2.24, 2.45) is 5.92 Å².